The molecule has 1 atom stereocenters. The van der Waals surface area contributed by atoms with Gasteiger partial charge in [0.1, 0.15) is 5.78 Å². The van der Waals surface area contributed by atoms with Gasteiger partial charge in [0, 0.05) is 11.6 Å². The summed E-state index contributed by atoms with van der Waals surface area (Å²) < 4.78 is 29.4. The summed E-state index contributed by atoms with van der Waals surface area (Å²) >= 11 is 0. The summed E-state index contributed by atoms with van der Waals surface area (Å²) in [4.78, 5) is 12.4. The summed E-state index contributed by atoms with van der Waals surface area (Å²) in [5.74, 6) is 0.110. The lowest BCUT2D eigenvalue weighted by molar-refractivity contribution is -0.119. The first-order valence-electron chi connectivity index (χ1n) is 11.4. The third kappa shape index (κ3) is 4.63. The minimum absolute atomic E-state index is 0.0326. The van der Waals surface area contributed by atoms with Crippen molar-refractivity contribution in [2.45, 2.75) is 89.9 Å². The molecule has 32 heavy (non-hydrogen) atoms. The predicted octanol–water partition coefficient (Wildman–Crippen LogP) is 6.47. The van der Waals surface area contributed by atoms with E-state index in [1.807, 2.05) is 39.0 Å². The van der Waals surface area contributed by atoms with Crippen LogP contribution in [0.3, 0.4) is 0 Å². The van der Waals surface area contributed by atoms with Crippen molar-refractivity contribution < 1.29 is 13.2 Å². The third-order valence-corrected chi connectivity index (χ3v) is 8.59. The fourth-order valence-electron chi connectivity index (χ4n) is 5.05. The number of carbonyl (C=O) groups excluding carboxylic acids is 1. The third-order valence-electron chi connectivity index (χ3n) is 7.06. The Balaban J connectivity index is 1.97. The van der Waals surface area contributed by atoms with E-state index in [-0.39, 0.29) is 28.4 Å². The van der Waals surface area contributed by atoms with Gasteiger partial charge in [-0.1, -0.05) is 59.7 Å². The van der Waals surface area contributed by atoms with E-state index in [2.05, 4.69) is 38.5 Å². The molecule has 4 nitrogen and oxygen atoms in total. The molecule has 0 aromatic heterocycles. The molecule has 2 aromatic carbocycles. The summed E-state index contributed by atoms with van der Waals surface area (Å²) in [7, 11) is -3.75. The van der Waals surface area contributed by atoms with Crippen LogP contribution in [0.2, 0.25) is 0 Å². The van der Waals surface area contributed by atoms with Crippen LogP contribution in [0.4, 0.5) is 5.69 Å². The molecule has 0 radical (unpaired) electrons. The highest BCUT2D eigenvalue weighted by Crippen LogP contribution is 2.47. The first-order chi connectivity index (χ1) is 14.7. The number of ketones is 1. The lowest BCUT2D eigenvalue weighted by atomic mass is 9.63. The average molecular weight is 456 g/mol. The van der Waals surface area contributed by atoms with Gasteiger partial charge >= 0.3 is 0 Å². The average Bonchev–Trinajstić information content (AvgIpc) is 2.66. The summed E-state index contributed by atoms with van der Waals surface area (Å²) in [5.41, 5.74) is 4.50. The molecule has 0 saturated carbocycles. The van der Waals surface area contributed by atoms with Gasteiger partial charge in [0.15, 0.2) is 0 Å². The predicted molar refractivity (Wildman–Crippen MR) is 132 cm³/mol. The molecule has 0 heterocycles. The first-order valence-corrected chi connectivity index (χ1v) is 12.9. The quantitative estimate of drug-likeness (QED) is 0.543. The van der Waals surface area contributed by atoms with Gasteiger partial charge in [-0.2, -0.15) is 0 Å². The molecule has 2 aromatic rings. The Hall–Kier alpha value is -2.14. The van der Waals surface area contributed by atoms with Gasteiger partial charge in [-0.15, -0.1) is 0 Å². The maximum Gasteiger partial charge on any atom is 0.262 e. The van der Waals surface area contributed by atoms with Gasteiger partial charge in [-0.05, 0) is 83.9 Å². The van der Waals surface area contributed by atoms with Gasteiger partial charge in [0.2, 0.25) is 0 Å². The highest BCUT2D eigenvalue weighted by atomic mass is 32.2. The number of nitrogens with one attached hydrogen (secondary N) is 1. The van der Waals surface area contributed by atoms with E-state index in [9.17, 15) is 13.2 Å². The summed E-state index contributed by atoms with van der Waals surface area (Å²) in [6.07, 6.45) is 2.11. The van der Waals surface area contributed by atoms with Crippen molar-refractivity contribution in [3.05, 3.63) is 58.7 Å². The normalized spacial score (nSPS) is 18.2. The lowest BCUT2D eigenvalue weighted by Gasteiger charge is -2.42. The molecule has 0 spiro atoms. The minimum atomic E-state index is -3.75. The maximum atomic E-state index is 13.4. The van der Waals surface area contributed by atoms with Crippen LogP contribution in [0.1, 0.15) is 89.5 Å². The van der Waals surface area contributed by atoms with Gasteiger partial charge in [-0.25, -0.2) is 8.42 Å². The molecule has 0 saturated heterocycles. The minimum Gasteiger partial charge on any atom is -0.299 e. The molecule has 1 unspecified atom stereocenters. The number of benzene rings is 2. The molecular weight excluding hydrogens is 418 g/mol. The molecule has 0 bridgehead atoms. The van der Waals surface area contributed by atoms with Crippen LogP contribution in [0.25, 0.3) is 0 Å². The van der Waals surface area contributed by atoms with Crippen LogP contribution in [-0.4, -0.2) is 14.2 Å². The van der Waals surface area contributed by atoms with E-state index in [4.69, 9.17) is 0 Å². The van der Waals surface area contributed by atoms with Crippen molar-refractivity contribution in [3.8, 4) is 0 Å². The van der Waals surface area contributed by atoms with Crippen LogP contribution < -0.4 is 4.72 Å². The first kappa shape index (κ1) is 24.5. The standard InChI is InChI=1S/C27H37NO3S/c1-17(2)25(19(4)29)20-9-11-21(12-10-20)28-32(30,31)24-16-23-22(15-18(24)3)26(5,6)13-14-27(23,7)8/h9-12,15-17,25,28H,13-14H2,1-8H3. The Morgan fingerprint density at radius 1 is 0.938 bits per heavy atom. The number of carbonyl (C=O) groups is 1. The number of anilines is 1. The molecule has 5 heteroatoms. The zero-order valence-corrected chi connectivity index (χ0v) is 21.5. The number of hydrogen-bond donors (Lipinski definition) is 1. The van der Waals surface area contributed by atoms with E-state index in [0.717, 1.165) is 29.5 Å². The number of sulfonamides is 1. The fourth-order valence-corrected chi connectivity index (χ4v) is 6.36. The van der Waals surface area contributed by atoms with E-state index in [1.54, 1.807) is 19.1 Å². The topological polar surface area (TPSA) is 63.2 Å². The molecular formula is C27H37NO3S. The summed E-state index contributed by atoms with van der Waals surface area (Å²) in [6.45, 7) is 16.4. The smallest absolute Gasteiger partial charge is 0.262 e. The number of rotatable bonds is 6. The Bertz CT molecular complexity index is 1130. The second kappa shape index (κ2) is 8.33. The van der Waals surface area contributed by atoms with Gasteiger partial charge < -0.3 is 0 Å². The van der Waals surface area contributed by atoms with Crippen LogP contribution in [0.15, 0.2) is 41.3 Å². The number of fused-ring (bicyclic) bond motifs is 1. The molecule has 174 valence electrons. The zero-order chi connectivity index (χ0) is 24.1. The Labute approximate surface area is 193 Å². The van der Waals surface area contributed by atoms with Gasteiger partial charge in [0.25, 0.3) is 10.0 Å². The maximum absolute atomic E-state index is 13.4. The molecule has 0 amide bonds. The SMILES string of the molecule is CC(=O)C(c1ccc(NS(=O)(=O)c2cc3c(cc2C)C(C)(C)CCC3(C)C)cc1)C(C)C. The van der Waals surface area contributed by atoms with Crippen molar-refractivity contribution in [2.75, 3.05) is 4.72 Å². The van der Waals surface area contributed by atoms with Crippen LogP contribution in [0.5, 0.6) is 0 Å². The van der Waals surface area contributed by atoms with E-state index in [1.165, 1.54) is 5.56 Å². The Morgan fingerprint density at radius 3 is 1.91 bits per heavy atom. The van der Waals surface area contributed by atoms with E-state index in [0.29, 0.717) is 10.6 Å². The Kier molecular flexibility index (Phi) is 6.38. The van der Waals surface area contributed by atoms with Crippen molar-refractivity contribution >= 4 is 21.5 Å². The van der Waals surface area contributed by atoms with Gasteiger partial charge in [-0.3, -0.25) is 9.52 Å². The van der Waals surface area contributed by atoms with Gasteiger partial charge in [0.05, 0.1) is 4.90 Å². The van der Waals surface area contributed by atoms with Crippen molar-refractivity contribution in [3.63, 3.8) is 0 Å². The molecule has 1 aliphatic carbocycles. The molecule has 1 aliphatic rings. The highest BCUT2D eigenvalue weighted by Gasteiger charge is 2.38. The highest BCUT2D eigenvalue weighted by molar-refractivity contribution is 7.92. The van der Waals surface area contributed by atoms with Crippen molar-refractivity contribution in [2.24, 2.45) is 5.92 Å². The van der Waals surface area contributed by atoms with Crippen molar-refractivity contribution in [1.29, 1.82) is 0 Å². The number of aryl methyl sites for hydroxylation is 1. The molecule has 3 rings (SSSR count). The fraction of sp³-hybridized carbons (Fsp3) is 0.519. The molecule has 1 N–H and O–H groups in total. The van der Waals surface area contributed by atoms with Crippen LogP contribution in [-0.2, 0) is 25.6 Å². The second-order valence-electron chi connectivity index (χ2n) is 11.0. The van der Waals surface area contributed by atoms with Crippen LogP contribution >= 0.6 is 0 Å². The number of hydrogen-bond acceptors (Lipinski definition) is 3. The lowest BCUT2D eigenvalue weighted by Crippen LogP contribution is -2.34. The Morgan fingerprint density at radius 2 is 1.44 bits per heavy atom. The summed E-state index contributed by atoms with van der Waals surface area (Å²) in [5, 5.41) is 0. The summed E-state index contributed by atoms with van der Waals surface area (Å²) in [6, 6.07) is 11.1. The second-order valence-corrected chi connectivity index (χ2v) is 12.6. The largest absolute Gasteiger partial charge is 0.299 e. The monoisotopic (exact) mass is 455 g/mol. The molecule has 0 aliphatic heterocycles. The number of Topliss-reactive ketones (excluding diaryl/α,β-unsaturated/α-hetero) is 1. The van der Waals surface area contributed by atoms with Crippen molar-refractivity contribution in [1.82, 2.24) is 0 Å². The van der Waals surface area contributed by atoms with E-state index >= 15 is 0 Å². The van der Waals surface area contributed by atoms with E-state index < -0.39 is 10.0 Å². The molecule has 0 fully saturated rings. The van der Waals surface area contributed by atoms with Crippen LogP contribution in [0, 0.1) is 12.8 Å². The zero-order valence-electron chi connectivity index (χ0n) is 20.7.